The van der Waals surface area contributed by atoms with Gasteiger partial charge in [-0.25, -0.2) is 0 Å². The molecule has 0 fully saturated rings. The lowest BCUT2D eigenvalue weighted by atomic mass is 10.1. The highest BCUT2D eigenvalue weighted by atomic mass is 16.3. The Morgan fingerprint density at radius 1 is 0.842 bits per heavy atom. The Labute approximate surface area is 112 Å². The van der Waals surface area contributed by atoms with E-state index < -0.39 is 0 Å². The minimum Gasteiger partial charge on any atom is -0.464 e. The van der Waals surface area contributed by atoms with Crippen molar-refractivity contribution in [2.24, 2.45) is 0 Å². The minimum absolute atomic E-state index is 0.888. The van der Waals surface area contributed by atoms with Gasteiger partial charge in [0, 0.05) is 18.0 Å². The molecule has 0 saturated heterocycles. The van der Waals surface area contributed by atoms with Crippen molar-refractivity contribution in [1.82, 2.24) is 4.98 Å². The van der Waals surface area contributed by atoms with E-state index in [0.717, 1.165) is 22.5 Å². The highest BCUT2D eigenvalue weighted by Crippen LogP contribution is 2.21. The maximum absolute atomic E-state index is 5.40. The molecule has 0 atom stereocenters. The topological polar surface area (TPSA) is 26.0 Å². The van der Waals surface area contributed by atoms with Gasteiger partial charge in [0.15, 0.2) is 0 Å². The molecule has 2 aromatic heterocycles. The van der Waals surface area contributed by atoms with Gasteiger partial charge in [-0.15, -0.1) is 0 Å². The molecule has 0 radical (unpaired) electrons. The van der Waals surface area contributed by atoms with Gasteiger partial charge >= 0.3 is 0 Å². The lowest BCUT2D eigenvalue weighted by Gasteiger charge is -1.99. The molecule has 0 aliphatic rings. The summed E-state index contributed by atoms with van der Waals surface area (Å²) in [5.74, 6) is 0.888. The van der Waals surface area contributed by atoms with Crippen molar-refractivity contribution in [2.45, 2.75) is 0 Å². The first-order valence-electron chi connectivity index (χ1n) is 6.14. The average Bonchev–Trinajstić information content (AvgIpc) is 3.01. The third-order valence-electron chi connectivity index (χ3n) is 2.87. The van der Waals surface area contributed by atoms with Crippen LogP contribution in [-0.4, -0.2) is 4.98 Å². The standard InChI is InChI=1S/C17H13NO/c1-3-15(7-6-14-8-10-18-11-9-14)13-16(4-1)17-5-2-12-19-17/h1-13H. The Balaban J connectivity index is 1.86. The molecule has 3 aromatic rings. The van der Waals surface area contributed by atoms with E-state index in [1.54, 1.807) is 18.7 Å². The van der Waals surface area contributed by atoms with Crippen LogP contribution in [0.1, 0.15) is 11.1 Å². The summed E-state index contributed by atoms with van der Waals surface area (Å²) in [5, 5.41) is 0. The van der Waals surface area contributed by atoms with Crippen LogP contribution in [0.25, 0.3) is 23.5 Å². The first-order chi connectivity index (χ1) is 9.42. The predicted molar refractivity (Wildman–Crippen MR) is 77.3 cm³/mol. The van der Waals surface area contributed by atoms with Crippen molar-refractivity contribution in [3.05, 3.63) is 78.3 Å². The Bertz CT molecular complexity index is 670. The number of benzene rings is 1. The molecule has 0 unspecified atom stereocenters. The molecule has 2 nitrogen and oxygen atoms in total. The molecule has 3 rings (SSSR count). The molecular formula is C17H13NO. The molecule has 0 bridgehead atoms. The largest absolute Gasteiger partial charge is 0.464 e. The lowest BCUT2D eigenvalue weighted by molar-refractivity contribution is 0.582. The normalized spacial score (nSPS) is 10.9. The Morgan fingerprint density at radius 2 is 1.68 bits per heavy atom. The number of hydrogen-bond acceptors (Lipinski definition) is 2. The van der Waals surface area contributed by atoms with E-state index in [1.807, 2.05) is 36.4 Å². The average molecular weight is 247 g/mol. The van der Waals surface area contributed by atoms with Crippen molar-refractivity contribution in [2.75, 3.05) is 0 Å². The van der Waals surface area contributed by atoms with Crippen molar-refractivity contribution in [3.8, 4) is 11.3 Å². The molecule has 2 heteroatoms. The summed E-state index contributed by atoms with van der Waals surface area (Å²) >= 11 is 0. The van der Waals surface area contributed by atoms with E-state index in [-0.39, 0.29) is 0 Å². The fraction of sp³-hybridized carbons (Fsp3) is 0. The van der Waals surface area contributed by atoms with E-state index in [2.05, 4.69) is 29.3 Å². The summed E-state index contributed by atoms with van der Waals surface area (Å²) in [6.07, 6.45) is 9.43. The van der Waals surface area contributed by atoms with Crippen molar-refractivity contribution < 1.29 is 4.42 Å². The number of hydrogen-bond donors (Lipinski definition) is 0. The van der Waals surface area contributed by atoms with Crippen LogP contribution in [0.2, 0.25) is 0 Å². The van der Waals surface area contributed by atoms with Gasteiger partial charge in [-0.1, -0.05) is 30.4 Å². The summed E-state index contributed by atoms with van der Waals surface area (Å²) in [7, 11) is 0. The number of rotatable bonds is 3. The molecule has 19 heavy (non-hydrogen) atoms. The van der Waals surface area contributed by atoms with Crippen molar-refractivity contribution in [3.63, 3.8) is 0 Å². The quantitative estimate of drug-likeness (QED) is 0.680. The summed E-state index contributed by atoms with van der Waals surface area (Å²) < 4.78 is 5.40. The van der Waals surface area contributed by atoms with Gasteiger partial charge in [0.2, 0.25) is 0 Å². The van der Waals surface area contributed by atoms with E-state index in [9.17, 15) is 0 Å². The van der Waals surface area contributed by atoms with Gasteiger partial charge in [-0.05, 0) is 41.5 Å². The lowest BCUT2D eigenvalue weighted by Crippen LogP contribution is -1.77. The van der Waals surface area contributed by atoms with E-state index >= 15 is 0 Å². The van der Waals surface area contributed by atoms with Gasteiger partial charge in [-0.3, -0.25) is 4.98 Å². The van der Waals surface area contributed by atoms with Crippen LogP contribution in [0.3, 0.4) is 0 Å². The molecule has 0 spiro atoms. The molecule has 0 aliphatic heterocycles. The monoisotopic (exact) mass is 247 g/mol. The second kappa shape index (κ2) is 5.36. The zero-order chi connectivity index (χ0) is 12.9. The maximum Gasteiger partial charge on any atom is 0.133 e. The van der Waals surface area contributed by atoms with E-state index in [0.29, 0.717) is 0 Å². The van der Waals surface area contributed by atoms with Gasteiger partial charge < -0.3 is 4.42 Å². The zero-order valence-corrected chi connectivity index (χ0v) is 10.4. The summed E-state index contributed by atoms with van der Waals surface area (Å²) in [6.45, 7) is 0. The molecule has 1 aromatic carbocycles. The highest BCUT2D eigenvalue weighted by Gasteiger charge is 1.99. The summed E-state index contributed by atoms with van der Waals surface area (Å²) in [6, 6.07) is 16.1. The second-order valence-electron chi connectivity index (χ2n) is 4.22. The number of pyridine rings is 1. The molecule has 92 valence electrons. The minimum atomic E-state index is 0.888. The number of furan rings is 1. The van der Waals surface area contributed by atoms with Crippen LogP contribution in [0.15, 0.2) is 71.6 Å². The second-order valence-corrected chi connectivity index (χ2v) is 4.22. The smallest absolute Gasteiger partial charge is 0.133 e. The van der Waals surface area contributed by atoms with Crippen molar-refractivity contribution >= 4 is 12.2 Å². The Hall–Kier alpha value is -2.61. The first-order valence-corrected chi connectivity index (χ1v) is 6.14. The van der Waals surface area contributed by atoms with Gasteiger partial charge in [-0.2, -0.15) is 0 Å². The fourth-order valence-corrected chi connectivity index (χ4v) is 1.91. The number of aromatic nitrogens is 1. The molecule has 0 saturated carbocycles. The highest BCUT2D eigenvalue weighted by molar-refractivity contribution is 5.72. The maximum atomic E-state index is 5.40. The van der Waals surface area contributed by atoms with Crippen LogP contribution in [0, 0.1) is 0 Å². The van der Waals surface area contributed by atoms with E-state index in [4.69, 9.17) is 4.42 Å². The molecule has 2 heterocycles. The van der Waals surface area contributed by atoms with Crippen LogP contribution in [-0.2, 0) is 0 Å². The third kappa shape index (κ3) is 2.80. The van der Waals surface area contributed by atoms with Gasteiger partial charge in [0.1, 0.15) is 5.76 Å². The van der Waals surface area contributed by atoms with Crippen molar-refractivity contribution in [1.29, 1.82) is 0 Å². The predicted octanol–water partition coefficient (Wildman–Crippen LogP) is 4.51. The molecular weight excluding hydrogens is 234 g/mol. The summed E-state index contributed by atoms with van der Waals surface area (Å²) in [5.41, 5.74) is 3.37. The number of nitrogens with zero attached hydrogens (tertiary/aromatic N) is 1. The van der Waals surface area contributed by atoms with Crippen LogP contribution < -0.4 is 0 Å². The van der Waals surface area contributed by atoms with E-state index in [1.165, 1.54) is 0 Å². The Kier molecular flexibility index (Phi) is 3.24. The first kappa shape index (κ1) is 11.5. The van der Waals surface area contributed by atoms with Crippen LogP contribution in [0.4, 0.5) is 0 Å². The van der Waals surface area contributed by atoms with Crippen LogP contribution in [0.5, 0.6) is 0 Å². The Morgan fingerprint density at radius 3 is 2.47 bits per heavy atom. The molecule has 0 amide bonds. The summed E-state index contributed by atoms with van der Waals surface area (Å²) in [4.78, 5) is 4.00. The molecule has 0 N–H and O–H groups in total. The van der Waals surface area contributed by atoms with Gasteiger partial charge in [0.05, 0.1) is 6.26 Å². The SMILES string of the molecule is C(=Cc1cccc(-c2ccco2)c1)c1ccncc1. The molecule has 0 aliphatic carbocycles. The van der Waals surface area contributed by atoms with Crippen LogP contribution >= 0.6 is 0 Å². The zero-order valence-electron chi connectivity index (χ0n) is 10.4. The fourth-order valence-electron chi connectivity index (χ4n) is 1.91. The third-order valence-corrected chi connectivity index (χ3v) is 2.87. The van der Waals surface area contributed by atoms with Gasteiger partial charge in [0.25, 0.3) is 0 Å².